The summed E-state index contributed by atoms with van der Waals surface area (Å²) in [5.74, 6) is -0.355. The van der Waals surface area contributed by atoms with Crippen molar-refractivity contribution in [3.8, 4) is 0 Å². The minimum Gasteiger partial charge on any atom is -0.449 e. The second-order valence-corrected chi connectivity index (χ2v) is 7.78. The number of anilines is 1. The third-order valence-corrected chi connectivity index (χ3v) is 5.17. The molecule has 4 rings (SSSR count). The zero-order valence-corrected chi connectivity index (χ0v) is 17.4. The lowest BCUT2D eigenvalue weighted by Crippen LogP contribution is -2.42. The molecule has 154 valence electrons. The molecule has 0 aliphatic heterocycles. The summed E-state index contributed by atoms with van der Waals surface area (Å²) in [4.78, 5) is 39.0. The fourth-order valence-electron chi connectivity index (χ4n) is 3.67. The van der Waals surface area contributed by atoms with Crippen LogP contribution in [0.3, 0.4) is 0 Å². The van der Waals surface area contributed by atoms with Gasteiger partial charge in [-0.25, -0.2) is 4.79 Å². The van der Waals surface area contributed by atoms with Gasteiger partial charge >= 0.3 is 5.69 Å². The lowest BCUT2D eigenvalue weighted by molar-refractivity contribution is -0.116. The number of benzene rings is 2. The molecule has 0 bridgehead atoms. The molecular formula is C23H23N3O4. The van der Waals surface area contributed by atoms with Gasteiger partial charge in [-0.3, -0.25) is 18.7 Å². The van der Waals surface area contributed by atoms with Crippen LogP contribution in [0.25, 0.3) is 22.1 Å². The van der Waals surface area contributed by atoms with Crippen LogP contribution in [0.1, 0.15) is 31.0 Å². The summed E-state index contributed by atoms with van der Waals surface area (Å²) in [5, 5.41) is 3.50. The van der Waals surface area contributed by atoms with Gasteiger partial charge < -0.3 is 9.73 Å². The molecule has 0 unspecified atom stereocenters. The van der Waals surface area contributed by atoms with Gasteiger partial charge in [0.1, 0.15) is 17.6 Å². The second kappa shape index (κ2) is 7.33. The Labute approximate surface area is 172 Å². The van der Waals surface area contributed by atoms with E-state index in [0.29, 0.717) is 22.2 Å². The molecule has 1 amide bonds. The SMILES string of the molecule is Cc1ccc(C)c(NC(=O)Cn2c(=O)n(C(C)C)c(=O)c3oc4ccccc4c32)c1. The molecule has 2 aromatic carbocycles. The molecule has 0 saturated heterocycles. The van der Waals surface area contributed by atoms with Gasteiger partial charge in [-0.15, -0.1) is 0 Å². The molecular weight excluding hydrogens is 382 g/mol. The minimum atomic E-state index is -0.537. The zero-order chi connectivity index (χ0) is 21.6. The molecule has 30 heavy (non-hydrogen) atoms. The maximum Gasteiger partial charge on any atom is 0.332 e. The highest BCUT2D eigenvalue weighted by molar-refractivity contribution is 6.03. The number of carbonyl (C=O) groups is 1. The Kier molecular flexibility index (Phi) is 4.81. The van der Waals surface area contributed by atoms with Gasteiger partial charge in [0.2, 0.25) is 11.5 Å². The fraction of sp³-hybridized carbons (Fsp3) is 0.261. The average Bonchev–Trinajstić information content (AvgIpc) is 3.08. The fourth-order valence-corrected chi connectivity index (χ4v) is 3.67. The number of furan rings is 1. The van der Waals surface area contributed by atoms with Gasteiger partial charge in [0.25, 0.3) is 5.56 Å². The molecule has 4 aromatic rings. The Morgan fingerprint density at radius 2 is 1.83 bits per heavy atom. The van der Waals surface area contributed by atoms with Gasteiger partial charge in [0.15, 0.2) is 0 Å². The maximum absolute atomic E-state index is 13.2. The van der Waals surface area contributed by atoms with Crippen molar-refractivity contribution in [2.24, 2.45) is 0 Å². The van der Waals surface area contributed by atoms with E-state index in [2.05, 4.69) is 5.32 Å². The predicted molar refractivity (Wildman–Crippen MR) is 117 cm³/mol. The zero-order valence-electron chi connectivity index (χ0n) is 17.4. The predicted octanol–water partition coefficient (Wildman–Crippen LogP) is 3.75. The van der Waals surface area contributed by atoms with E-state index in [-0.39, 0.29) is 24.1 Å². The number of carbonyl (C=O) groups excluding carboxylic acids is 1. The molecule has 0 fully saturated rings. The highest BCUT2D eigenvalue weighted by Crippen LogP contribution is 2.26. The third kappa shape index (κ3) is 3.22. The van der Waals surface area contributed by atoms with E-state index in [1.54, 1.807) is 38.1 Å². The highest BCUT2D eigenvalue weighted by Gasteiger charge is 2.22. The summed E-state index contributed by atoms with van der Waals surface area (Å²) in [6, 6.07) is 12.5. The van der Waals surface area contributed by atoms with Crippen molar-refractivity contribution in [1.29, 1.82) is 0 Å². The van der Waals surface area contributed by atoms with Crippen LogP contribution in [0, 0.1) is 13.8 Å². The van der Waals surface area contributed by atoms with Crippen molar-refractivity contribution in [1.82, 2.24) is 9.13 Å². The summed E-state index contributed by atoms with van der Waals surface area (Å²) in [5.41, 5.74) is 2.51. The van der Waals surface area contributed by atoms with Crippen LogP contribution < -0.4 is 16.6 Å². The first-order chi connectivity index (χ1) is 14.3. The molecule has 0 saturated carbocycles. The molecule has 1 N–H and O–H groups in total. The first-order valence-corrected chi connectivity index (χ1v) is 9.81. The van der Waals surface area contributed by atoms with E-state index in [9.17, 15) is 14.4 Å². The standard InChI is InChI=1S/C23H23N3O4/c1-13(2)26-22(28)21-20(16-7-5-6-8-18(16)30-21)25(23(26)29)12-19(27)24-17-11-14(3)9-10-15(17)4/h5-11,13H,12H2,1-4H3,(H,24,27). The van der Waals surface area contributed by atoms with E-state index in [1.807, 2.05) is 32.0 Å². The van der Waals surface area contributed by atoms with Gasteiger partial charge in [-0.05, 0) is 57.0 Å². The molecule has 7 nitrogen and oxygen atoms in total. The van der Waals surface area contributed by atoms with Crippen molar-refractivity contribution in [2.45, 2.75) is 40.3 Å². The highest BCUT2D eigenvalue weighted by atomic mass is 16.3. The lowest BCUT2D eigenvalue weighted by Gasteiger charge is -2.15. The Balaban J connectivity index is 1.89. The summed E-state index contributed by atoms with van der Waals surface area (Å²) in [6.45, 7) is 7.11. The molecule has 0 radical (unpaired) electrons. The Hall–Kier alpha value is -3.61. The Morgan fingerprint density at radius 3 is 2.57 bits per heavy atom. The lowest BCUT2D eigenvalue weighted by atomic mass is 10.1. The summed E-state index contributed by atoms with van der Waals surface area (Å²) in [6.07, 6.45) is 0. The van der Waals surface area contributed by atoms with E-state index in [1.165, 1.54) is 4.57 Å². The van der Waals surface area contributed by atoms with Crippen LogP contribution in [-0.4, -0.2) is 15.0 Å². The van der Waals surface area contributed by atoms with E-state index in [0.717, 1.165) is 15.7 Å². The number of nitrogens with zero attached hydrogens (tertiary/aromatic N) is 2. The van der Waals surface area contributed by atoms with Crippen molar-refractivity contribution < 1.29 is 9.21 Å². The number of hydrogen-bond acceptors (Lipinski definition) is 4. The van der Waals surface area contributed by atoms with Gasteiger partial charge in [0.05, 0.1) is 0 Å². The van der Waals surface area contributed by atoms with Crippen molar-refractivity contribution >= 4 is 33.7 Å². The number of aryl methyl sites for hydroxylation is 2. The number of hydrogen-bond donors (Lipinski definition) is 1. The summed E-state index contributed by atoms with van der Waals surface area (Å²) < 4.78 is 8.22. The molecule has 2 aromatic heterocycles. The van der Waals surface area contributed by atoms with Crippen molar-refractivity contribution in [3.05, 3.63) is 74.4 Å². The normalized spacial score (nSPS) is 11.5. The number of rotatable bonds is 4. The molecule has 0 aliphatic rings. The van der Waals surface area contributed by atoms with Crippen LogP contribution in [-0.2, 0) is 11.3 Å². The number of para-hydroxylation sites is 1. The van der Waals surface area contributed by atoms with Crippen LogP contribution in [0.4, 0.5) is 5.69 Å². The number of aromatic nitrogens is 2. The molecule has 0 atom stereocenters. The number of amides is 1. The minimum absolute atomic E-state index is 0.0732. The molecule has 7 heteroatoms. The maximum atomic E-state index is 13.2. The van der Waals surface area contributed by atoms with Crippen LogP contribution in [0.2, 0.25) is 0 Å². The van der Waals surface area contributed by atoms with Crippen molar-refractivity contribution in [2.75, 3.05) is 5.32 Å². The van der Waals surface area contributed by atoms with Crippen LogP contribution >= 0.6 is 0 Å². The first kappa shape index (κ1) is 19.7. The molecule has 2 heterocycles. The van der Waals surface area contributed by atoms with Gasteiger partial charge in [-0.2, -0.15) is 0 Å². The summed E-state index contributed by atoms with van der Waals surface area (Å²) >= 11 is 0. The largest absolute Gasteiger partial charge is 0.449 e. The Morgan fingerprint density at radius 1 is 1.10 bits per heavy atom. The van der Waals surface area contributed by atoms with Crippen molar-refractivity contribution in [3.63, 3.8) is 0 Å². The smallest absolute Gasteiger partial charge is 0.332 e. The summed E-state index contributed by atoms with van der Waals surface area (Å²) in [7, 11) is 0. The molecule has 0 aliphatic carbocycles. The second-order valence-electron chi connectivity index (χ2n) is 7.78. The van der Waals surface area contributed by atoms with E-state index in [4.69, 9.17) is 4.42 Å². The molecule has 0 spiro atoms. The first-order valence-electron chi connectivity index (χ1n) is 9.81. The van der Waals surface area contributed by atoms with Gasteiger partial charge in [0, 0.05) is 17.1 Å². The topological polar surface area (TPSA) is 86.2 Å². The number of fused-ring (bicyclic) bond motifs is 3. The quantitative estimate of drug-likeness (QED) is 0.560. The Bertz CT molecular complexity index is 1410. The average molecular weight is 405 g/mol. The van der Waals surface area contributed by atoms with E-state index >= 15 is 0 Å². The van der Waals surface area contributed by atoms with Crippen LogP contribution in [0.5, 0.6) is 0 Å². The van der Waals surface area contributed by atoms with Gasteiger partial charge in [-0.1, -0.05) is 24.3 Å². The monoisotopic (exact) mass is 405 g/mol. The van der Waals surface area contributed by atoms with E-state index < -0.39 is 11.2 Å². The third-order valence-electron chi connectivity index (χ3n) is 5.17. The number of nitrogens with one attached hydrogen (secondary N) is 1. The van der Waals surface area contributed by atoms with Crippen LogP contribution in [0.15, 0.2) is 56.5 Å².